The monoisotopic (exact) mass is 348 g/mol. The van der Waals surface area contributed by atoms with Crippen LogP contribution in [0.2, 0.25) is 5.02 Å². The maximum Gasteiger partial charge on any atom is 0.248 e. The summed E-state index contributed by atoms with van der Waals surface area (Å²) in [5.74, 6) is -0.465. The van der Waals surface area contributed by atoms with Crippen LogP contribution in [0.15, 0.2) is 42.5 Å². The maximum absolute atomic E-state index is 11.0. The predicted octanol–water partition coefficient (Wildman–Crippen LogP) is 3.31. The molecule has 1 amide bonds. The SMILES string of the molecule is CN(C)c1ccc(NC(=S)Nc2ccc(C(N)=O)cc2)cc1Cl. The molecular weight excluding hydrogens is 332 g/mol. The number of carbonyl (C=O) groups excluding carboxylic acids is 1. The number of anilines is 3. The lowest BCUT2D eigenvalue weighted by Gasteiger charge is -2.16. The first-order chi connectivity index (χ1) is 10.9. The Kier molecular flexibility index (Phi) is 5.41. The van der Waals surface area contributed by atoms with Crippen LogP contribution in [0, 0.1) is 0 Å². The van der Waals surface area contributed by atoms with Crippen molar-refractivity contribution < 1.29 is 4.79 Å². The molecule has 23 heavy (non-hydrogen) atoms. The van der Waals surface area contributed by atoms with Crippen LogP contribution < -0.4 is 21.3 Å². The maximum atomic E-state index is 11.0. The van der Waals surface area contributed by atoms with Crippen molar-refractivity contribution in [2.75, 3.05) is 29.6 Å². The van der Waals surface area contributed by atoms with E-state index in [1.54, 1.807) is 30.3 Å². The molecule has 120 valence electrons. The molecule has 0 radical (unpaired) electrons. The molecule has 2 aromatic carbocycles. The second-order valence-corrected chi connectivity index (χ2v) is 5.90. The van der Waals surface area contributed by atoms with Gasteiger partial charge in [0.2, 0.25) is 5.91 Å². The Hall–Kier alpha value is -2.31. The highest BCUT2D eigenvalue weighted by molar-refractivity contribution is 7.80. The summed E-state index contributed by atoms with van der Waals surface area (Å²) in [5, 5.41) is 7.14. The number of hydrogen-bond donors (Lipinski definition) is 3. The van der Waals surface area contributed by atoms with E-state index in [2.05, 4.69) is 10.6 Å². The Labute approximate surface area is 145 Å². The minimum absolute atomic E-state index is 0.422. The molecule has 4 N–H and O–H groups in total. The number of carbonyl (C=O) groups is 1. The Bertz CT molecular complexity index is 731. The zero-order valence-corrected chi connectivity index (χ0v) is 14.3. The first-order valence-corrected chi connectivity index (χ1v) is 7.60. The number of nitrogens with one attached hydrogen (secondary N) is 2. The van der Waals surface area contributed by atoms with Crippen LogP contribution in [0.25, 0.3) is 0 Å². The van der Waals surface area contributed by atoms with Gasteiger partial charge in [0.05, 0.1) is 10.7 Å². The molecule has 0 aromatic heterocycles. The van der Waals surface area contributed by atoms with Crippen LogP contribution in [0.5, 0.6) is 0 Å². The van der Waals surface area contributed by atoms with E-state index in [1.165, 1.54) is 0 Å². The van der Waals surface area contributed by atoms with E-state index >= 15 is 0 Å². The first-order valence-electron chi connectivity index (χ1n) is 6.81. The molecule has 5 nitrogen and oxygen atoms in total. The molecule has 0 aliphatic carbocycles. The molecule has 0 spiro atoms. The minimum Gasteiger partial charge on any atom is -0.376 e. The number of halogens is 1. The number of nitrogens with zero attached hydrogens (tertiary/aromatic N) is 1. The molecule has 2 rings (SSSR count). The van der Waals surface area contributed by atoms with Crippen LogP contribution >= 0.6 is 23.8 Å². The average molecular weight is 349 g/mol. The molecule has 0 atom stereocenters. The molecule has 0 fully saturated rings. The third-order valence-electron chi connectivity index (χ3n) is 3.11. The largest absolute Gasteiger partial charge is 0.376 e. The van der Waals surface area contributed by atoms with Crippen LogP contribution in [-0.4, -0.2) is 25.1 Å². The van der Waals surface area contributed by atoms with Crippen molar-refractivity contribution in [1.29, 1.82) is 0 Å². The summed E-state index contributed by atoms with van der Waals surface area (Å²) in [5.41, 5.74) is 8.11. The Morgan fingerprint density at radius 1 is 1.09 bits per heavy atom. The third-order valence-corrected chi connectivity index (χ3v) is 3.62. The van der Waals surface area contributed by atoms with Crippen molar-refractivity contribution in [3.63, 3.8) is 0 Å². The molecule has 0 saturated heterocycles. The van der Waals surface area contributed by atoms with Gasteiger partial charge < -0.3 is 21.3 Å². The van der Waals surface area contributed by atoms with E-state index in [1.807, 2.05) is 31.1 Å². The summed E-state index contributed by atoms with van der Waals surface area (Å²) < 4.78 is 0. The van der Waals surface area contributed by atoms with Gasteiger partial charge in [0.1, 0.15) is 0 Å². The minimum atomic E-state index is -0.465. The van der Waals surface area contributed by atoms with Crippen molar-refractivity contribution in [1.82, 2.24) is 0 Å². The Morgan fingerprint density at radius 3 is 2.17 bits per heavy atom. The summed E-state index contributed by atoms with van der Waals surface area (Å²) in [6.45, 7) is 0. The first kappa shape index (κ1) is 17.1. The smallest absolute Gasteiger partial charge is 0.248 e. The molecule has 7 heteroatoms. The second-order valence-electron chi connectivity index (χ2n) is 5.08. The fourth-order valence-corrected chi connectivity index (χ4v) is 2.54. The lowest BCUT2D eigenvalue weighted by atomic mass is 10.2. The van der Waals surface area contributed by atoms with Crippen LogP contribution in [-0.2, 0) is 0 Å². The molecule has 0 saturated carbocycles. The average Bonchev–Trinajstić information content (AvgIpc) is 2.47. The number of benzene rings is 2. The van der Waals surface area contributed by atoms with Gasteiger partial charge in [-0.1, -0.05) is 11.6 Å². The lowest BCUT2D eigenvalue weighted by molar-refractivity contribution is 0.100. The summed E-state index contributed by atoms with van der Waals surface area (Å²) in [6.07, 6.45) is 0. The van der Waals surface area contributed by atoms with Gasteiger partial charge in [0, 0.05) is 31.0 Å². The van der Waals surface area contributed by atoms with Crippen LogP contribution in [0.3, 0.4) is 0 Å². The summed E-state index contributed by atoms with van der Waals surface area (Å²) in [4.78, 5) is 13.0. The molecule has 0 heterocycles. The highest BCUT2D eigenvalue weighted by atomic mass is 35.5. The van der Waals surface area contributed by atoms with Gasteiger partial charge >= 0.3 is 0 Å². The molecule has 2 aromatic rings. The van der Waals surface area contributed by atoms with Crippen molar-refractivity contribution in [2.45, 2.75) is 0 Å². The number of hydrogen-bond acceptors (Lipinski definition) is 3. The Morgan fingerprint density at radius 2 is 1.65 bits per heavy atom. The van der Waals surface area contributed by atoms with Gasteiger partial charge in [0.15, 0.2) is 5.11 Å². The van der Waals surface area contributed by atoms with Crippen LogP contribution in [0.4, 0.5) is 17.1 Å². The van der Waals surface area contributed by atoms with Gasteiger partial charge in [-0.15, -0.1) is 0 Å². The van der Waals surface area contributed by atoms with Crippen molar-refractivity contribution in [2.24, 2.45) is 5.73 Å². The zero-order valence-electron chi connectivity index (χ0n) is 12.8. The van der Waals surface area contributed by atoms with Gasteiger partial charge in [-0.05, 0) is 54.7 Å². The van der Waals surface area contributed by atoms with Crippen molar-refractivity contribution >= 4 is 51.9 Å². The number of thiocarbonyl (C=S) groups is 1. The fraction of sp³-hybridized carbons (Fsp3) is 0.125. The number of amides is 1. The van der Waals surface area contributed by atoms with Crippen LogP contribution in [0.1, 0.15) is 10.4 Å². The molecule has 0 aliphatic heterocycles. The molecule has 0 unspecified atom stereocenters. The zero-order chi connectivity index (χ0) is 17.0. The number of nitrogens with two attached hydrogens (primary N) is 1. The number of primary amides is 1. The highest BCUT2D eigenvalue weighted by Gasteiger charge is 2.06. The molecule has 0 bridgehead atoms. The summed E-state index contributed by atoms with van der Waals surface area (Å²) >= 11 is 11.5. The van der Waals surface area contributed by atoms with Gasteiger partial charge in [-0.2, -0.15) is 0 Å². The number of rotatable bonds is 4. The van der Waals surface area contributed by atoms with Gasteiger partial charge in [-0.3, -0.25) is 4.79 Å². The van der Waals surface area contributed by atoms with Gasteiger partial charge in [0.25, 0.3) is 0 Å². The fourth-order valence-electron chi connectivity index (χ4n) is 1.96. The highest BCUT2D eigenvalue weighted by Crippen LogP contribution is 2.27. The predicted molar refractivity (Wildman–Crippen MR) is 101 cm³/mol. The third kappa shape index (κ3) is 4.58. The van der Waals surface area contributed by atoms with E-state index in [0.29, 0.717) is 15.7 Å². The van der Waals surface area contributed by atoms with E-state index in [-0.39, 0.29) is 0 Å². The second kappa shape index (κ2) is 7.30. The summed E-state index contributed by atoms with van der Waals surface area (Å²) in [7, 11) is 3.85. The Balaban J connectivity index is 2.02. The normalized spacial score (nSPS) is 10.0. The van der Waals surface area contributed by atoms with Gasteiger partial charge in [-0.25, -0.2) is 0 Å². The van der Waals surface area contributed by atoms with E-state index in [9.17, 15) is 4.79 Å². The molecular formula is C16H17ClN4OS. The van der Waals surface area contributed by atoms with E-state index in [4.69, 9.17) is 29.6 Å². The quantitative estimate of drug-likeness (QED) is 0.739. The van der Waals surface area contributed by atoms with Crippen molar-refractivity contribution in [3.8, 4) is 0 Å². The lowest BCUT2D eigenvalue weighted by Crippen LogP contribution is -2.19. The summed E-state index contributed by atoms with van der Waals surface area (Å²) in [6, 6.07) is 12.3. The van der Waals surface area contributed by atoms with E-state index in [0.717, 1.165) is 17.1 Å². The topological polar surface area (TPSA) is 70.4 Å². The molecule has 0 aliphatic rings. The standard InChI is InChI=1S/C16H17ClN4OS/c1-21(2)14-8-7-12(9-13(14)17)20-16(23)19-11-5-3-10(4-6-11)15(18)22/h3-9H,1-2H3,(H2,18,22)(H2,19,20,23). The van der Waals surface area contributed by atoms with Crippen molar-refractivity contribution in [3.05, 3.63) is 53.1 Å². The van der Waals surface area contributed by atoms with E-state index < -0.39 is 5.91 Å².